The van der Waals surface area contributed by atoms with Crippen LogP contribution in [0.25, 0.3) is 0 Å². The zero-order valence-electron chi connectivity index (χ0n) is 9.15. The smallest absolute Gasteiger partial charge is 0.256 e. The Hall–Kier alpha value is -1.95. The van der Waals surface area contributed by atoms with Crippen molar-refractivity contribution in [3.8, 4) is 0 Å². The van der Waals surface area contributed by atoms with Gasteiger partial charge in [-0.15, -0.1) is 0 Å². The van der Waals surface area contributed by atoms with E-state index in [-0.39, 0.29) is 17.2 Å². The molecule has 0 aliphatic heterocycles. The minimum Gasteiger partial charge on any atom is -0.396 e. The first-order valence-electron chi connectivity index (χ1n) is 5.04. The lowest BCUT2D eigenvalue weighted by Gasteiger charge is -2.07. The van der Waals surface area contributed by atoms with E-state index < -0.39 is 5.82 Å². The van der Waals surface area contributed by atoms with Gasteiger partial charge in [-0.25, -0.2) is 4.39 Å². The molecule has 2 aromatic rings. The molecule has 0 aliphatic rings. The summed E-state index contributed by atoms with van der Waals surface area (Å²) < 4.78 is 13.5. The molecule has 1 heterocycles. The molecule has 0 saturated heterocycles. The molecule has 18 heavy (non-hydrogen) atoms. The molecular weight excluding hydrogens is 301 g/mol. The van der Waals surface area contributed by atoms with Gasteiger partial charge in [-0.05, 0) is 40.2 Å². The minimum absolute atomic E-state index is 0.0745. The van der Waals surface area contributed by atoms with Gasteiger partial charge in [0.2, 0.25) is 0 Å². The molecule has 0 saturated carbocycles. The van der Waals surface area contributed by atoms with Gasteiger partial charge < -0.3 is 11.1 Å². The number of hydrogen-bond acceptors (Lipinski definition) is 3. The first-order chi connectivity index (χ1) is 8.58. The molecule has 0 atom stereocenters. The Labute approximate surface area is 111 Å². The number of nitrogen functional groups attached to an aromatic ring is 1. The average Bonchev–Trinajstić information content (AvgIpc) is 2.35. The first-order valence-corrected chi connectivity index (χ1v) is 5.83. The highest BCUT2D eigenvalue weighted by molar-refractivity contribution is 9.10. The highest BCUT2D eigenvalue weighted by Gasteiger charge is 2.13. The number of benzene rings is 1. The summed E-state index contributed by atoms with van der Waals surface area (Å²) in [5, 5.41) is 2.64. The molecule has 0 bridgehead atoms. The van der Waals surface area contributed by atoms with E-state index in [2.05, 4.69) is 26.2 Å². The van der Waals surface area contributed by atoms with Gasteiger partial charge in [0.25, 0.3) is 5.91 Å². The number of nitrogens with one attached hydrogen (secondary N) is 1. The van der Waals surface area contributed by atoms with Crippen LogP contribution in [0.5, 0.6) is 0 Å². The Balaban J connectivity index is 2.27. The number of carbonyl (C=O) groups is 1. The topological polar surface area (TPSA) is 68.0 Å². The van der Waals surface area contributed by atoms with Gasteiger partial charge in [0, 0.05) is 10.7 Å². The van der Waals surface area contributed by atoms with Crippen LogP contribution in [-0.4, -0.2) is 10.9 Å². The molecule has 4 nitrogen and oxygen atoms in total. The summed E-state index contributed by atoms with van der Waals surface area (Å²) in [5.74, 6) is -0.957. The molecule has 1 aromatic heterocycles. The molecule has 1 aromatic carbocycles. The molecule has 2 rings (SSSR count). The van der Waals surface area contributed by atoms with Crippen molar-refractivity contribution in [2.45, 2.75) is 0 Å². The molecular formula is C12H9BrFN3O. The van der Waals surface area contributed by atoms with E-state index >= 15 is 0 Å². The summed E-state index contributed by atoms with van der Waals surface area (Å²) >= 11 is 3.12. The third-order valence-corrected chi connectivity index (χ3v) is 2.91. The Morgan fingerprint density at radius 1 is 1.44 bits per heavy atom. The molecule has 6 heteroatoms. The van der Waals surface area contributed by atoms with E-state index in [0.29, 0.717) is 10.2 Å². The number of pyridine rings is 1. The first kappa shape index (κ1) is 12.5. The van der Waals surface area contributed by atoms with Crippen molar-refractivity contribution in [3.63, 3.8) is 0 Å². The number of halogens is 2. The molecule has 3 N–H and O–H groups in total. The summed E-state index contributed by atoms with van der Waals surface area (Å²) in [6.07, 6.45) is 3.11. The molecule has 1 amide bonds. The van der Waals surface area contributed by atoms with Crippen molar-refractivity contribution in [1.29, 1.82) is 0 Å². The molecule has 92 valence electrons. The summed E-state index contributed by atoms with van der Waals surface area (Å²) in [6, 6.07) is 5.84. The van der Waals surface area contributed by atoms with Gasteiger partial charge in [0.1, 0.15) is 5.82 Å². The van der Waals surface area contributed by atoms with Crippen LogP contribution in [0.3, 0.4) is 0 Å². The number of nitrogens with zero attached hydrogens (tertiary/aromatic N) is 1. The minimum atomic E-state index is -0.570. The lowest BCUT2D eigenvalue weighted by atomic mass is 10.2. The molecule has 0 radical (unpaired) electrons. The largest absolute Gasteiger partial charge is 0.396 e. The third-order valence-electron chi connectivity index (χ3n) is 2.25. The molecule has 0 unspecified atom stereocenters. The van der Waals surface area contributed by atoms with Crippen LogP contribution in [0.1, 0.15) is 10.4 Å². The van der Waals surface area contributed by atoms with Crippen LogP contribution >= 0.6 is 15.9 Å². The maximum absolute atomic E-state index is 13.2. The number of amides is 1. The van der Waals surface area contributed by atoms with E-state index in [0.717, 1.165) is 6.07 Å². The zero-order valence-corrected chi connectivity index (χ0v) is 10.7. The van der Waals surface area contributed by atoms with Gasteiger partial charge in [-0.1, -0.05) is 0 Å². The fraction of sp³-hybridized carbons (Fsp3) is 0. The Kier molecular flexibility index (Phi) is 3.57. The fourth-order valence-electron chi connectivity index (χ4n) is 1.37. The quantitative estimate of drug-likeness (QED) is 0.838. The Morgan fingerprint density at radius 3 is 2.89 bits per heavy atom. The van der Waals surface area contributed by atoms with Crippen LogP contribution < -0.4 is 11.1 Å². The van der Waals surface area contributed by atoms with Gasteiger partial charge in [-0.2, -0.15) is 0 Å². The Morgan fingerprint density at radius 2 is 2.22 bits per heavy atom. The standard InChI is InChI=1S/C12H9BrFN3O/c13-9-5-10(14)11(15)4-8(9)12(18)17-7-2-1-3-16-6-7/h1-6H,15H2,(H,17,18). The second kappa shape index (κ2) is 5.14. The molecule has 0 aliphatic carbocycles. The third kappa shape index (κ3) is 2.65. The van der Waals surface area contributed by atoms with Crippen molar-refractivity contribution >= 4 is 33.2 Å². The van der Waals surface area contributed by atoms with E-state index in [1.165, 1.54) is 12.3 Å². The number of carbonyl (C=O) groups excluding carboxylic acids is 1. The van der Waals surface area contributed by atoms with Crippen molar-refractivity contribution in [3.05, 3.63) is 52.5 Å². The number of rotatable bonds is 2. The van der Waals surface area contributed by atoms with Crippen LogP contribution in [0, 0.1) is 5.82 Å². The van der Waals surface area contributed by atoms with E-state index in [4.69, 9.17) is 5.73 Å². The van der Waals surface area contributed by atoms with Gasteiger partial charge in [-0.3, -0.25) is 9.78 Å². The van der Waals surface area contributed by atoms with Crippen LogP contribution in [0.15, 0.2) is 41.1 Å². The van der Waals surface area contributed by atoms with Crippen molar-refractivity contribution in [2.24, 2.45) is 0 Å². The van der Waals surface area contributed by atoms with Crippen molar-refractivity contribution < 1.29 is 9.18 Å². The number of nitrogens with two attached hydrogens (primary N) is 1. The van der Waals surface area contributed by atoms with Gasteiger partial charge in [0.05, 0.1) is 23.1 Å². The summed E-state index contributed by atoms with van der Waals surface area (Å²) in [6.45, 7) is 0. The summed E-state index contributed by atoms with van der Waals surface area (Å²) in [5.41, 5.74) is 6.17. The van der Waals surface area contributed by atoms with Crippen molar-refractivity contribution in [2.75, 3.05) is 11.1 Å². The van der Waals surface area contributed by atoms with Crippen LogP contribution in [0.4, 0.5) is 15.8 Å². The predicted octanol–water partition coefficient (Wildman–Crippen LogP) is 2.82. The highest BCUT2D eigenvalue weighted by atomic mass is 79.9. The normalized spacial score (nSPS) is 10.1. The lowest BCUT2D eigenvalue weighted by molar-refractivity contribution is 0.102. The SMILES string of the molecule is Nc1cc(C(=O)Nc2cccnc2)c(Br)cc1F. The van der Waals surface area contributed by atoms with E-state index in [1.807, 2.05) is 0 Å². The van der Waals surface area contributed by atoms with Gasteiger partial charge in [0.15, 0.2) is 0 Å². The second-order valence-corrected chi connectivity index (χ2v) is 4.40. The fourth-order valence-corrected chi connectivity index (χ4v) is 1.87. The van der Waals surface area contributed by atoms with Crippen LogP contribution in [0.2, 0.25) is 0 Å². The average molecular weight is 310 g/mol. The lowest BCUT2D eigenvalue weighted by Crippen LogP contribution is -2.13. The maximum Gasteiger partial charge on any atom is 0.256 e. The summed E-state index contributed by atoms with van der Waals surface area (Å²) in [4.78, 5) is 15.8. The zero-order chi connectivity index (χ0) is 13.1. The van der Waals surface area contributed by atoms with E-state index in [1.54, 1.807) is 18.3 Å². The number of anilines is 2. The number of aromatic nitrogens is 1. The molecule has 0 fully saturated rings. The number of hydrogen-bond donors (Lipinski definition) is 2. The predicted molar refractivity (Wildman–Crippen MR) is 70.7 cm³/mol. The molecule has 0 spiro atoms. The van der Waals surface area contributed by atoms with Crippen molar-refractivity contribution in [1.82, 2.24) is 4.98 Å². The maximum atomic E-state index is 13.2. The van der Waals surface area contributed by atoms with Gasteiger partial charge >= 0.3 is 0 Å². The highest BCUT2D eigenvalue weighted by Crippen LogP contribution is 2.23. The Bertz CT molecular complexity index is 589. The monoisotopic (exact) mass is 309 g/mol. The summed E-state index contributed by atoms with van der Waals surface area (Å²) in [7, 11) is 0. The van der Waals surface area contributed by atoms with E-state index in [9.17, 15) is 9.18 Å². The van der Waals surface area contributed by atoms with Crippen LogP contribution in [-0.2, 0) is 0 Å². The second-order valence-electron chi connectivity index (χ2n) is 3.55.